The van der Waals surface area contributed by atoms with Crippen molar-refractivity contribution in [3.8, 4) is 11.5 Å². The first-order valence-corrected chi connectivity index (χ1v) is 6.16. The third-order valence-corrected chi connectivity index (χ3v) is 2.96. The van der Waals surface area contributed by atoms with Gasteiger partial charge in [-0.2, -0.15) is 0 Å². The van der Waals surface area contributed by atoms with Crippen LogP contribution >= 0.6 is 0 Å². The summed E-state index contributed by atoms with van der Waals surface area (Å²) in [7, 11) is 1.63. The molecule has 0 amide bonds. The summed E-state index contributed by atoms with van der Waals surface area (Å²) >= 11 is 0. The molecule has 1 heterocycles. The predicted octanol–water partition coefficient (Wildman–Crippen LogP) is 0.988. The predicted molar refractivity (Wildman–Crippen MR) is 70.2 cm³/mol. The standard InChI is InChI=1S/C13H20N2O3/c1-16-12-3-2-11(14)10-13(12)18-9-6-15-4-7-17-8-5-15/h2-3,10H,4-9,14H2,1H3. The van der Waals surface area contributed by atoms with Crippen LogP contribution in [0.5, 0.6) is 11.5 Å². The van der Waals surface area contributed by atoms with Gasteiger partial charge in [0.1, 0.15) is 6.61 Å². The van der Waals surface area contributed by atoms with Crippen LogP contribution in [-0.4, -0.2) is 51.5 Å². The maximum Gasteiger partial charge on any atom is 0.163 e. The van der Waals surface area contributed by atoms with Gasteiger partial charge >= 0.3 is 0 Å². The van der Waals surface area contributed by atoms with E-state index in [-0.39, 0.29) is 0 Å². The summed E-state index contributed by atoms with van der Waals surface area (Å²) in [5.41, 5.74) is 6.41. The molecule has 5 heteroatoms. The summed E-state index contributed by atoms with van der Waals surface area (Å²) in [6, 6.07) is 5.41. The minimum absolute atomic E-state index is 0.625. The van der Waals surface area contributed by atoms with Crippen LogP contribution in [0.25, 0.3) is 0 Å². The molecule has 0 spiro atoms. The van der Waals surface area contributed by atoms with Crippen molar-refractivity contribution in [2.45, 2.75) is 0 Å². The monoisotopic (exact) mass is 252 g/mol. The van der Waals surface area contributed by atoms with Crippen molar-refractivity contribution < 1.29 is 14.2 Å². The molecule has 1 aliphatic heterocycles. The Bertz CT molecular complexity index is 378. The van der Waals surface area contributed by atoms with Gasteiger partial charge in [0.15, 0.2) is 11.5 Å². The van der Waals surface area contributed by atoms with Crippen molar-refractivity contribution in [1.29, 1.82) is 0 Å². The van der Waals surface area contributed by atoms with Crippen molar-refractivity contribution >= 4 is 5.69 Å². The molecule has 0 aliphatic carbocycles. The van der Waals surface area contributed by atoms with Crippen molar-refractivity contribution in [3.63, 3.8) is 0 Å². The van der Waals surface area contributed by atoms with Crippen LogP contribution in [0, 0.1) is 0 Å². The minimum Gasteiger partial charge on any atom is -0.493 e. The maximum atomic E-state index is 5.73. The van der Waals surface area contributed by atoms with Crippen molar-refractivity contribution in [2.24, 2.45) is 0 Å². The molecule has 0 unspecified atom stereocenters. The molecule has 1 aromatic carbocycles. The lowest BCUT2D eigenvalue weighted by atomic mass is 10.3. The quantitative estimate of drug-likeness (QED) is 0.792. The molecule has 0 saturated carbocycles. The van der Waals surface area contributed by atoms with Crippen LogP contribution in [0.2, 0.25) is 0 Å². The molecule has 1 fully saturated rings. The third-order valence-electron chi connectivity index (χ3n) is 2.96. The van der Waals surface area contributed by atoms with Crippen molar-refractivity contribution in [1.82, 2.24) is 4.90 Å². The van der Waals surface area contributed by atoms with E-state index in [4.69, 9.17) is 19.9 Å². The lowest BCUT2D eigenvalue weighted by Crippen LogP contribution is -2.38. The summed E-state index contributed by atoms with van der Waals surface area (Å²) in [5.74, 6) is 1.41. The maximum absolute atomic E-state index is 5.73. The fourth-order valence-electron chi connectivity index (χ4n) is 1.92. The minimum atomic E-state index is 0.625. The summed E-state index contributed by atoms with van der Waals surface area (Å²) in [6.07, 6.45) is 0. The van der Waals surface area contributed by atoms with Crippen LogP contribution in [0.1, 0.15) is 0 Å². The van der Waals surface area contributed by atoms with Crippen LogP contribution in [0.3, 0.4) is 0 Å². The van der Waals surface area contributed by atoms with Gasteiger partial charge in [0.25, 0.3) is 0 Å². The number of morpholine rings is 1. The van der Waals surface area contributed by atoms with Gasteiger partial charge in [0.05, 0.1) is 20.3 Å². The Morgan fingerprint density at radius 2 is 2.06 bits per heavy atom. The van der Waals surface area contributed by atoms with E-state index < -0.39 is 0 Å². The van der Waals surface area contributed by atoms with E-state index >= 15 is 0 Å². The molecule has 2 rings (SSSR count). The number of nitrogens with two attached hydrogens (primary N) is 1. The van der Waals surface area contributed by atoms with Gasteiger partial charge in [-0.25, -0.2) is 0 Å². The largest absolute Gasteiger partial charge is 0.493 e. The number of hydrogen-bond acceptors (Lipinski definition) is 5. The molecule has 0 radical (unpaired) electrons. The fourth-order valence-corrected chi connectivity index (χ4v) is 1.92. The lowest BCUT2D eigenvalue weighted by molar-refractivity contribution is 0.0321. The SMILES string of the molecule is COc1ccc(N)cc1OCCN1CCOCC1. The van der Waals surface area contributed by atoms with Gasteiger partial charge in [-0.3, -0.25) is 4.90 Å². The molecule has 0 bridgehead atoms. The Morgan fingerprint density at radius 3 is 2.78 bits per heavy atom. The zero-order chi connectivity index (χ0) is 12.8. The van der Waals surface area contributed by atoms with Gasteiger partial charge < -0.3 is 19.9 Å². The first-order chi connectivity index (χ1) is 8.79. The topological polar surface area (TPSA) is 57.0 Å². The van der Waals surface area contributed by atoms with Gasteiger partial charge in [-0.1, -0.05) is 0 Å². The number of methoxy groups -OCH3 is 1. The van der Waals surface area contributed by atoms with E-state index in [1.165, 1.54) is 0 Å². The summed E-state index contributed by atoms with van der Waals surface area (Å²) in [6.45, 7) is 5.07. The van der Waals surface area contributed by atoms with Crippen LogP contribution < -0.4 is 15.2 Å². The van der Waals surface area contributed by atoms with Crippen LogP contribution in [0.15, 0.2) is 18.2 Å². The van der Waals surface area contributed by atoms with E-state index in [1.807, 2.05) is 6.07 Å². The molecular formula is C13H20N2O3. The Kier molecular flexibility index (Phi) is 4.66. The number of hydrogen-bond donors (Lipinski definition) is 1. The molecule has 0 aromatic heterocycles. The molecule has 0 atom stereocenters. The summed E-state index contributed by atoms with van der Waals surface area (Å²) in [5, 5.41) is 0. The molecular weight excluding hydrogens is 232 g/mol. The van der Waals surface area contributed by atoms with E-state index in [0.29, 0.717) is 23.8 Å². The second kappa shape index (κ2) is 6.47. The van der Waals surface area contributed by atoms with Gasteiger partial charge in [-0.05, 0) is 12.1 Å². The van der Waals surface area contributed by atoms with Crippen molar-refractivity contribution in [2.75, 3.05) is 52.3 Å². The molecule has 1 aromatic rings. The number of nitrogen functional groups attached to an aromatic ring is 1. The zero-order valence-corrected chi connectivity index (χ0v) is 10.7. The highest BCUT2D eigenvalue weighted by Crippen LogP contribution is 2.28. The lowest BCUT2D eigenvalue weighted by Gasteiger charge is -2.26. The first-order valence-electron chi connectivity index (χ1n) is 6.16. The molecule has 2 N–H and O–H groups in total. The van der Waals surface area contributed by atoms with Gasteiger partial charge in [0, 0.05) is 31.4 Å². The average Bonchev–Trinajstić information content (AvgIpc) is 2.40. The van der Waals surface area contributed by atoms with Gasteiger partial charge in [-0.15, -0.1) is 0 Å². The molecule has 100 valence electrons. The van der Waals surface area contributed by atoms with E-state index in [0.717, 1.165) is 32.8 Å². The average molecular weight is 252 g/mol. The molecule has 5 nitrogen and oxygen atoms in total. The Balaban J connectivity index is 1.83. The van der Waals surface area contributed by atoms with E-state index in [1.54, 1.807) is 19.2 Å². The smallest absolute Gasteiger partial charge is 0.163 e. The normalized spacial score (nSPS) is 16.5. The summed E-state index contributed by atoms with van der Waals surface area (Å²) < 4.78 is 16.3. The second-order valence-electron chi connectivity index (χ2n) is 4.21. The second-order valence-corrected chi connectivity index (χ2v) is 4.21. The van der Waals surface area contributed by atoms with E-state index in [2.05, 4.69) is 4.90 Å². The third kappa shape index (κ3) is 3.51. The highest BCUT2D eigenvalue weighted by molar-refractivity contribution is 5.51. The molecule has 1 saturated heterocycles. The van der Waals surface area contributed by atoms with Crippen LogP contribution in [0.4, 0.5) is 5.69 Å². The Labute approximate surface area is 107 Å². The summed E-state index contributed by atoms with van der Waals surface area (Å²) in [4.78, 5) is 2.32. The Morgan fingerprint density at radius 1 is 1.28 bits per heavy atom. The fraction of sp³-hybridized carbons (Fsp3) is 0.538. The zero-order valence-electron chi connectivity index (χ0n) is 10.7. The number of ether oxygens (including phenoxy) is 3. The number of rotatable bonds is 5. The number of nitrogens with zero attached hydrogens (tertiary/aromatic N) is 1. The highest BCUT2D eigenvalue weighted by atomic mass is 16.5. The first kappa shape index (κ1) is 13.0. The number of benzene rings is 1. The van der Waals surface area contributed by atoms with E-state index in [9.17, 15) is 0 Å². The van der Waals surface area contributed by atoms with Crippen molar-refractivity contribution in [3.05, 3.63) is 18.2 Å². The molecule has 1 aliphatic rings. The van der Waals surface area contributed by atoms with Gasteiger partial charge in [0.2, 0.25) is 0 Å². The number of anilines is 1. The Hall–Kier alpha value is -1.46. The van der Waals surface area contributed by atoms with Crippen LogP contribution in [-0.2, 0) is 4.74 Å². The molecule has 18 heavy (non-hydrogen) atoms. The highest BCUT2D eigenvalue weighted by Gasteiger charge is 2.10.